The highest BCUT2D eigenvalue weighted by molar-refractivity contribution is 5.91. The first-order chi connectivity index (χ1) is 4.75. The summed E-state index contributed by atoms with van der Waals surface area (Å²) in [5, 5.41) is 2.90. The van der Waals surface area contributed by atoms with Crippen LogP contribution in [0.15, 0.2) is 0 Å². The molecule has 1 heterocycles. The first-order valence-corrected chi connectivity index (χ1v) is 3.82. The van der Waals surface area contributed by atoms with Gasteiger partial charge >= 0.3 is 0 Å². The minimum atomic E-state index is -0.213. The van der Waals surface area contributed by atoms with E-state index in [0.717, 1.165) is 12.8 Å². The predicted octanol–water partition coefficient (Wildman–Crippen LogP) is -0.244. The van der Waals surface area contributed by atoms with E-state index >= 15 is 0 Å². The van der Waals surface area contributed by atoms with Gasteiger partial charge in [0.2, 0.25) is 5.91 Å². The zero-order valence-electron chi connectivity index (χ0n) is 5.89. The second-order valence-electron chi connectivity index (χ2n) is 3.33. The van der Waals surface area contributed by atoms with Crippen molar-refractivity contribution in [3.05, 3.63) is 0 Å². The van der Waals surface area contributed by atoms with Gasteiger partial charge in [-0.05, 0) is 12.8 Å². The summed E-state index contributed by atoms with van der Waals surface area (Å²) in [6.07, 6.45) is 4.60. The molecule has 0 aromatic rings. The number of carbonyl (C=O) groups is 1. The largest absolute Gasteiger partial charge is 0.347 e. The molecule has 2 fully saturated rings. The van der Waals surface area contributed by atoms with Gasteiger partial charge in [-0.25, -0.2) is 0 Å². The molecule has 10 heavy (non-hydrogen) atoms. The van der Waals surface area contributed by atoms with Crippen LogP contribution in [0.5, 0.6) is 0 Å². The molecule has 1 amide bonds. The molecule has 1 saturated heterocycles. The second kappa shape index (κ2) is 1.72. The van der Waals surface area contributed by atoms with Gasteiger partial charge in [0.15, 0.2) is 0 Å². The third-order valence-corrected chi connectivity index (χ3v) is 2.75. The molecule has 2 rings (SSSR count). The fourth-order valence-corrected chi connectivity index (χ4v) is 2.02. The number of amides is 1. The van der Waals surface area contributed by atoms with Crippen LogP contribution in [0.2, 0.25) is 0 Å². The summed E-state index contributed by atoms with van der Waals surface area (Å²) in [7, 11) is 0. The van der Waals surface area contributed by atoms with Crippen LogP contribution in [-0.2, 0) is 4.79 Å². The Hall–Kier alpha value is -0.570. The van der Waals surface area contributed by atoms with E-state index in [1.807, 2.05) is 0 Å². The lowest BCUT2D eigenvalue weighted by atomic mass is 9.81. The molecular formula is C7H12N2O. The lowest BCUT2D eigenvalue weighted by Crippen LogP contribution is -2.75. The predicted molar refractivity (Wildman–Crippen MR) is 37.3 cm³/mol. The highest BCUT2D eigenvalue weighted by Gasteiger charge is 2.52. The molecule has 0 aromatic heterocycles. The molecule has 1 aliphatic carbocycles. The van der Waals surface area contributed by atoms with Crippen molar-refractivity contribution >= 4 is 5.91 Å². The first-order valence-electron chi connectivity index (χ1n) is 3.82. The van der Waals surface area contributed by atoms with Crippen LogP contribution in [0.4, 0.5) is 0 Å². The fourth-order valence-electron chi connectivity index (χ4n) is 2.02. The molecule has 3 heteroatoms. The van der Waals surface area contributed by atoms with E-state index in [9.17, 15) is 4.79 Å². The Morgan fingerprint density at radius 2 is 2.10 bits per heavy atom. The topological polar surface area (TPSA) is 55.1 Å². The molecule has 0 radical (unpaired) electrons. The monoisotopic (exact) mass is 140 g/mol. The minimum Gasteiger partial charge on any atom is -0.347 e. The van der Waals surface area contributed by atoms with E-state index in [1.165, 1.54) is 12.8 Å². The maximum absolute atomic E-state index is 10.8. The highest BCUT2D eigenvalue weighted by atomic mass is 16.2. The van der Waals surface area contributed by atoms with E-state index in [1.54, 1.807) is 0 Å². The van der Waals surface area contributed by atoms with Crippen molar-refractivity contribution in [3.63, 3.8) is 0 Å². The zero-order valence-corrected chi connectivity index (χ0v) is 5.89. The van der Waals surface area contributed by atoms with Gasteiger partial charge in [-0.15, -0.1) is 0 Å². The van der Waals surface area contributed by atoms with Crippen molar-refractivity contribution in [2.75, 3.05) is 0 Å². The van der Waals surface area contributed by atoms with Gasteiger partial charge < -0.3 is 11.1 Å². The van der Waals surface area contributed by atoms with Gasteiger partial charge in [0.05, 0.1) is 5.54 Å². The Labute approximate surface area is 60.0 Å². The maximum Gasteiger partial charge on any atom is 0.239 e. The third kappa shape index (κ3) is 0.560. The molecule has 56 valence electrons. The second-order valence-corrected chi connectivity index (χ2v) is 3.33. The Balaban J connectivity index is 2.12. The molecular weight excluding hydrogens is 128 g/mol. The van der Waals surface area contributed by atoms with Gasteiger partial charge in [0.1, 0.15) is 6.04 Å². The van der Waals surface area contributed by atoms with Crippen LogP contribution in [0.25, 0.3) is 0 Å². The first kappa shape index (κ1) is 6.16. The van der Waals surface area contributed by atoms with Crippen molar-refractivity contribution in [3.8, 4) is 0 Å². The smallest absolute Gasteiger partial charge is 0.239 e. The van der Waals surface area contributed by atoms with Crippen LogP contribution >= 0.6 is 0 Å². The highest BCUT2D eigenvalue weighted by Crippen LogP contribution is 2.36. The molecule has 0 aromatic carbocycles. The number of hydrogen-bond acceptors (Lipinski definition) is 2. The Kier molecular flexibility index (Phi) is 1.06. The average Bonchev–Trinajstić information content (AvgIpc) is 2.38. The normalized spacial score (nSPS) is 35.7. The van der Waals surface area contributed by atoms with Gasteiger partial charge in [-0.3, -0.25) is 4.79 Å². The van der Waals surface area contributed by atoms with Gasteiger partial charge in [0, 0.05) is 0 Å². The van der Waals surface area contributed by atoms with Gasteiger partial charge in [-0.1, -0.05) is 12.8 Å². The molecule has 3 N–H and O–H groups in total. The molecule has 2 aliphatic rings. The lowest BCUT2D eigenvalue weighted by Gasteiger charge is -2.44. The van der Waals surface area contributed by atoms with Crippen molar-refractivity contribution in [2.24, 2.45) is 5.73 Å². The lowest BCUT2D eigenvalue weighted by molar-refractivity contribution is -0.135. The number of nitrogens with one attached hydrogen (secondary N) is 1. The van der Waals surface area contributed by atoms with Gasteiger partial charge in [-0.2, -0.15) is 0 Å². The summed E-state index contributed by atoms with van der Waals surface area (Å²) in [6, 6.07) is -0.213. The fraction of sp³-hybridized carbons (Fsp3) is 0.857. The van der Waals surface area contributed by atoms with E-state index in [4.69, 9.17) is 5.73 Å². The average molecular weight is 140 g/mol. The van der Waals surface area contributed by atoms with Gasteiger partial charge in [0.25, 0.3) is 0 Å². The van der Waals surface area contributed by atoms with E-state index in [0.29, 0.717) is 0 Å². The van der Waals surface area contributed by atoms with Crippen LogP contribution < -0.4 is 11.1 Å². The molecule has 1 saturated carbocycles. The van der Waals surface area contributed by atoms with E-state index < -0.39 is 0 Å². The number of carbonyl (C=O) groups excluding carboxylic acids is 1. The van der Waals surface area contributed by atoms with Crippen molar-refractivity contribution in [1.82, 2.24) is 5.32 Å². The molecule has 1 aliphatic heterocycles. The summed E-state index contributed by atoms with van der Waals surface area (Å²) < 4.78 is 0. The Morgan fingerprint density at radius 1 is 1.50 bits per heavy atom. The van der Waals surface area contributed by atoms with Crippen LogP contribution in [0, 0.1) is 0 Å². The van der Waals surface area contributed by atoms with Crippen molar-refractivity contribution in [1.29, 1.82) is 0 Å². The molecule has 1 unspecified atom stereocenters. The molecule has 3 nitrogen and oxygen atoms in total. The zero-order chi connectivity index (χ0) is 7.19. The summed E-state index contributed by atoms with van der Waals surface area (Å²) >= 11 is 0. The van der Waals surface area contributed by atoms with Crippen molar-refractivity contribution in [2.45, 2.75) is 37.3 Å². The number of rotatable bonds is 0. The van der Waals surface area contributed by atoms with Crippen LogP contribution in [-0.4, -0.2) is 17.5 Å². The number of β-lactam (4-membered cyclic amide) rings is 1. The molecule has 1 spiro atoms. The van der Waals surface area contributed by atoms with E-state index in [-0.39, 0.29) is 17.5 Å². The van der Waals surface area contributed by atoms with Crippen LogP contribution in [0.3, 0.4) is 0 Å². The Bertz CT molecular complexity index is 172. The quantitative estimate of drug-likeness (QED) is 0.456. The number of nitrogens with two attached hydrogens (primary N) is 1. The Morgan fingerprint density at radius 3 is 2.50 bits per heavy atom. The summed E-state index contributed by atoms with van der Waals surface area (Å²) in [5.41, 5.74) is 5.68. The maximum atomic E-state index is 10.8. The standard InChI is InChI=1S/C7H12N2O/c8-5-6(10)9-7(5)3-1-2-4-7/h5H,1-4,8H2,(H,9,10). The third-order valence-electron chi connectivity index (χ3n) is 2.75. The van der Waals surface area contributed by atoms with Crippen LogP contribution in [0.1, 0.15) is 25.7 Å². The SMILES string of the molecule is NC1C(=O)NC12CCCC2. The van der Waals surface area contributed by atoms with E-state index in [2.05, 4.69) is 5.32 Å². The summed E-state index contributed by atoms with van der Waals surface area (Å²) in [6.45, 7) is 0. The summed E-state index contributed by atoms with van der Waals surface area (Å²) in [5.74, 6) is 0.0295. The summed E-state index contributed by atoms with van der Waals surface area (Å²) in [4.78, 5) is 10.8. The van der Waals surface area contributed by atoms with Crippen molar-refractivity contribution < 1.29 is 4.79 Å². The number of hydrogen-bond donors (Lipinski definition) is 2. The minimum absolute atomic E-state index is 0.0249. The molecule has 0 bridgehead atoms. The molecule has 1 atom stereocenters.